The van der Waals surface area contributed by atoms with Gasteiger partial charge in [-0.05, 0) is 31.9 Å². The van der Waals surface area contributed by atoms with Gasteiger partial charge in [0.05, 0.1) is 6.10 Å². The van der Waals surface area contributed by atoms with Crippen molar-refractivity contribution in [3.05, 3.63) is 35.9 Å². The smallest absolute Gasteiger partial charge is 0.0549 e. The largest absolute Gasteiger partial charge is 0.393 e. The molecule has 0 saturated heterocycles. The lowest BCUT2D eigenvalue weighted by molar-refractivity contribution is 0.157. The van der Waals surface area contributed by atoms with Crippen LogP contribution in [0.15, 0.2) is 30.3 Å². The molecule has 2 N–H and O–H groups in total. The molecule has 0 aliphatic carbocycles. The average Bonchev–Trinajstić information content (AvgIpc) is 2.39. The van der Waals surface area contributed by atoms with Gasteiger partial charge in [0.15, 0.2) is 0 Å². The van der Waals surface area contributed by atoms with E-state index in [2.05, 4.69) is 56.4 Å². The Bertz CT molecular complexity index is 334. The Balaban J connectivity index is 2.52. The molecule has 102 valence electrons. The zero-order valence-electron chi connectivity index (χ0n) is 12.1. The number of hydrogen-bond donors (Lipinski definition) is 2. The Morgan fingerprint density at radius 3 is 2.39 bits per heavy atom. The fraction of sp³-hybridized carbons (Fsp3) is 0.625. The summed E-state index contributed by atoms with van der Waals surface area (Å²) >= 11 is 0. The summed E-state index contributed by atoms with van der Waals surface area (Å²) in [5.41, 5.74) is 1.44. The molecule has 0 aliphatic heterocycles. The lowest BCUT2D eigenvalue weighted by atomic mass is 9.78. The topological polar surface area (TPSA) is 32.3 Å². The minimum Gasteiger partial charge on any atom is -0.393 e. The van der Waals surface area contributed by atoms with Crippen LogP contribution in [0, 0.1) is 0 Å². The molecule has 0 saturated carbocycles. The van der Waals surface area contributed by atoms with E-state index in [-0.39, 0.29) is 11.5 Å². The zero-order chi connectivity index (χ0) is 13.6. The van der Waals surface area contributed by atoms with E-state index >= 15 is 0 Å². The minimum absolute atomic E-state index is 0.0957. The second-order valence-electron chi connectivity index (χ2n) is 5.61. The van der Waals surface area contributed by atoms with Gasteiger partial charge in [0, 0.05) is 11.5 Å². The molecular formula is C16H27NO. The normalized spacial score (nSPS) is 15.4. The van der Waals surface area contributed by atoms with E-state index in [1.165, 1.54) is 5.56 Å². The monoisotopic (exact) mass is 249 g/mol. The fourth-order valence-electron chi connectivity index (χ4n) is 2.04. The number of aliphatic hydroxyl groups excluding tert-OH is 1. The Labute approximate surface area is 111 Å². The lowest BCUT2D eigenvalue weighted by Crippen LogP contribution is -2.43. The molecule has 0 radical (unpaired) electrons. The average molecular weight is 249 g/mol. The van der Waals surface area contributed by atoms with Crippen LogP contribution in [0.4, 0.5) is 0 Å². The molecule has 1 aromatic rings. The van der Waals surface area contributed by atoms with Crippen molar-refractivity contribution in [3.63, 3.8) is 0 Å². The molecule has 0 heterocycles. The van der Waals surface area contributed by atoms with Gasteiger partial charge in [0.25, 0.3) is 0 Å². The van der Waals surface area contributed by atoms with Gasteiger partial charge < -0.3 is 10.4 Å². The van der Waals surface area contributed by atoms with E-state index in [0.717, 1.165) is 19.4 Å². The first-order valence-corrected chi connectivity index (χ1v) is 6.95. The molecule has 2 unspecified atom stereocenters. The summed E-state index contributed by atoms with van der Waals surface area (Å²) in [5.74, 6) is 0. The van der Waals surface area contributed by atoms with Crippen LogP contribution in [-0.2, 0) is 5.41 Å². The van der Waals surface area contributed by atoms with Gasteiger partial charge in [0.2, 0.25) is 0 Å². The third-order valence-electron chi connectivity index (χ3n) is 4.00. The number of benzene rings is 1. The van der Waals surface area contributed by atoms with Crippen LogP contribution in [-0.4, -0.2) is 23.8 Å². The highest BCUT2D eigenvalue weighted by Gasteiger charge is 2.27. The Morgan fingerprint density at radius 1 is 1.22 bits per heavy atom. The SMILES string of the molecule is CCC(O)CCNC(C)C(C)(C)c1ccccc1. The zero-order valence-corrected chi connectivity index (χ0v) is 12.1. The predicted octanol–water partition coefficient (Wildman–Crippen LogP) is 3.10. The van der Waals surface area contributed by atoms with E-state index in [1.54, 1.807) is 0 Å². The molecule has 0 bridgehead atoms. The van der Waals surface area contributed by atoms with E-state index < -0.39 is 0 Å². The summed E-state index contributed by atoms with van der Waals surface area (Å²) in [5, 5.41) is 13.1. The van der Waals surface area contributed by atoms with Gasteiger partial charge in [0.1, 0.15) is 0 Å². The van der Waals surface area contributed by atoms with Crippen LogP contribution in [0.2, 0.25) is 0 Å². The van der Waals surface area contributed by atoms with Gasteiger partial charge in [-0.25, -0.2) is 0 Å². The van der Waals surface area contributed by atoms with Crippen LogP contribution < -0.4 is 5.32 Å². The molecule has 2 atom stereocenters. The molecule has 0 spiro atoms. The molecule has 0 fully saturated rings. The van der Waals surface area contributed by atoms with Crippen molar-refractivity contribution in [3.8, 4) is 0 Å². The van der Waals surface area contributed by atoms with Crippen molar-refractivity contribution in [1.82, 2.24) is 5.32 Å². The standard InChI is InChI=1S/C16H27NO/c1-5-15(18)11-12-17-13(2)16(3,4)14-9-7-6-8-10-14/h6-10,13,15,17-18H,5,11-12H2,1-4H3. The van der Waals surface area contributed by atoms with Gasteiger partial charge in [-0.15, -0.1) is 0 Å². The highest BCUT2D eigenvalue weighted by molar-refractivity contribution is 5.25. The van der Waals surface area contributed by atoms with E-state index in [4.69, 9.17) is 0 Å². The van der Waals surface area contributed by atoms with Gasteiger partial charge >= 0.3 is 0 Å². The fourth-order valence-corrected chi connectivity index (χ4v) is 2.04. The molecule has 2 heteroatoms. The Hall–Kier alpha value is -0.860. The summed E-state index contributed by atoms with van der Waals surface area (Å²) in [4.78, 5) is 0. The first-order valence-electron chi connectivity index (χ1n) is 6.95. The number of hydrogen-bond acceptors (Lipinski definition) is 2. The molecule has 1 aromatic carbocycles. The minimum atomic E-state index is -0.176. The van der Waals surface area contributed by atoms with Gasteiger partial charge in [-0.2, -0.15) is 0 Å². The second kappa shape index (κ2) is 6.91. The highest BCUT2D eigenvalue weighted by Crippen LogP contribution is 2.26. The van der Waals surface area contributed by atoms with E-state index in [0.29, 0.717) is 6.04 Å². The second-order valence-corrected chi connectivity index (χ2v) is 5.61. The highest BCUT2D eigenvalue weighted by atomic mass is 16.3. The van der Waals surface area contributed by atoms with E-state index in [9.17, 15) is 5.11 Å². The summed E-state index contributed by atoms with van der Waals surface area (Å²) < 4.78 is 0. The lowest BCUT2D eigenvalue weighted by Gasteiger charge is -2.33. The first kappa shape index (κ1) is 15.2. The van der Waals surface area contributed by atoms with Crippen molar-refractivity contribution < 1.29 is 5.11 Å². The maximum absolute atomic E-state index is 9.55. The van der Waals surface area contributed by atoms with Crippen molar-refractivity contribution in [2.45, 2.75) is 58.1 Å². The Morgan fingerprint density at radius 2 is 1.83 bits per heavy atom. The van der Waals surface area contributed by atoms with Crippen molar-refractivity contribution in [1.29, 1.82) is 0 Å². The molecule has 1 rings (SSSR count). The molecule has 0 amide bonds. The summed E-state index contributed by atoms with van der Waals surface area (Å²) in [6, 6.07) is 11.0. The molecule has 0 aliphatic rings. The maximum atomic E-state index is 9.55. The quantitative estimate of drug-likeness (QED) is 0.778. The molecular weight excluding hydrogens is 222 g/mol. The molecule has 18 heavy (non-hydrogen) atoms. The summed E-state index contributed by atoms with van der Waals surface area (Å²) in [6.45, 7) is 9.62. The third kappa shape index (κ3) is 4.11. The molecule has 2 nitrogen and oxygen atoms in total. The van der Waals surface area contributed by atoms with Crippen molar-refractivity contribution in [2.75, 3.05) is 6.54 Å². The van der Waals surface area contributed by atoms with Crippen LogP contribution >= 0.6 is 0 Å². The predicted molar refractivity (Wildman–Crippen MR) is 77.8 cm³/mol. The van der Waals surface area contributed by atoms with Crippen LogP contribution in [0.3, 0.4) is 0 Å². The summed E-state index contributed by atoms with van der Waals surface area (Å²) in [6.07, 6.45) is 1.48. The molecule has 0 aromatic heterocycles. The van der Waals surface area contributed by atoms with Gasteiger partial charge in [-0.3, -0.25) is 0 Å². The number of nitrogens with one attached hydrogen (secondary N) is 1. The van der Waals surface area contributed by atoms with Crippen molar-refractivity contribution in [2.24, 2.45) is 0 Å². The maximum Gasteiger partial charge on any atom is 0.0549 e. The van der Waals surface area contributed by atoms with Crippen LogP contribution in [0.25, 0.3) is 0 Å². The Kier molecular flexibility index (Phi) is 5.83. The summed E-state index contributed by atoms with van der Waals surface area (Å²) in [7, 11) is 0. The first-order chi connectivity index (χ1) is 8.48. The van der Waals surface area contributed by atoms with Gasteiger partial charge in [-0.1, -0.05) is 51.1 Å². The van der Waals surface area contributed by atoms with Crippen molar-refractivity contribution >= 4 is 0 Å². The third-order valence-corrected chi connectivity index (χ3v) is 4.00. The number of rotatable bonds is 7. The number of aliphatic hydroxyl groups is 1. The van der Waals surface area contributed by atoms with Crippen LogP contribution in [0.5, 0.6) is 0 Å². The van der Waals surface area contributed by atoms with E-state index in [1.807, 2.05) is 6.92 Å². The van der Waals surface area contributed by atoms with Crippen LogP contribution in [0.1, 0.15) is 46.1 Å².